The Kier molecular flexibility index (Phi) is 12.6. The van der Waals surface area contributed by atoms with Crippen molar-refractivity contribution in [2.45, 2.75) is 82.5 Å². The molecule has 0 saturated heterocycles. The molecule has 1 aromatic rings. The molecule has 1 aromatic carbocycles. The summed E-state index contributed by atoms with van der Waals surface area (Å²) in [5.41, 5.74) is 4.69. The fraction of sp³-hybridized carbons (Fsp3) is 0.741. The van der Waals surface area contributed by atoms with Gasteiger partial charge < -0.3 is 45.9 Å². The lowest BCUT2D eigenvalue weighted by molar-refractivity contribution is -0.494. The highest BCUT2D eigenvalue weighted by Crippen LogP contribution is 2.48. The van der Waals surface area contributed by atoms with Crippen molar-refractivity contribution in [2.24, 2.45) is 17.8 Å². The molecule has 9 nitrogen and oxygen atoms in total. The molecular weight excluding hydrogens is 466 g/mol. The molecule has 0 radical (unpaired) electrons. The van der Waals surface area contributed by atoms with Crippen LogP contribution in [0.1, 0.15) is 63.0 Å². The number of ether oxygens (including phenoxy) is 1. The fourth-order valence-corrected chi connectivity index (χ4v) is 5.39. The summed E-state index contributed by atoms with van der Waals surface area (Å²) in [4.78, 5) is 10.7. The number of aliphatic hydroxyl groups excluding tert-OH is 5. The number of quaternary nitrogens is 1. The van der Waals surface area contributed by atoms with Crippen LogP contribution >= 0.6 is 0 Å². The molecule has 0 aromatic heterocycles. The minimum atomic E-state index is -1.22. The molecule has 1 saturated carbocycles. The largest absolute Gasteiger partial charge is 0.546 e. The van der Waals surface area contributed by atoms with Crippen molar-refractivity contribution in [3.05, 3.63) is 29.3 Å². The monoisotopic (exact) mass is 511 g/mol. The Morgan fingerprint density at radius 2 is 1.86 bits per heavy atom. The van der Waals surface area contributed by atoms with E-state index in [1.54, 1.807) is 0 Å². The van der Waals surface area contributed by atoms with Gasteiger partial charge in [0.2, 0.25) is 0 Å². The maximum absolute atomic E-state index is 10.7. The topological polar surface area (TPSA) is 178 Å². The fourth-order valence-electron chi connectivity index (χ4n) is 5.39. The molecule has 5 atom stereocenters. The Morgan fingerprint density at radius 1 is 1.17 bits per heavy atom. The average Bonchev–Trinajstić information content (AvgIpc) is 3.18. The highest BCUT2D eigenvalue weighted by molar-refractivity contribution is 5.66. The number of carbonyl (C=O) groups excluding carboxylic acids is 1. The molecule has 0 unspecified atom stereocenters. The Hall–Kier alpha value is -1.75. The first kappa shape index (κ1) is 30.5. The van der Waals surface area contributed by atoms with E-state index in [9.17, 15) is 20.1 Å². The van der Waals surface area contributed by atoms with Crippen LogP contribution in [0.5, 0.6) is 5.75 Å². The van der Waals surface area contributed by atoms with E-state index in [1.807, 2.05) is 12.1 Å². The highest BCUT2D eigenvalue weighted by atomic mass is 16.5. The maximum atomic E-state index is 10.7. The van der Waals surface area contributed by atoms with Gasteiger partial charge in [0.25, 0.3) is 0 Å². The summed E-state index contributed by atoms with van der Waals surface area (Å²) in [5, 5.41) is 56.9. The van der Waals surface area contributed by atoms with Gasteiger partial charge in [-0.15, -0.1) is 0 Å². The highest BCUT2D eigenvalue weighted by Gasteiger charge is 2.44. The maximum Gasteiger partial charge on any atom is 0.164 e. The van der Waals surface area contributed by atoms with Gasteiger partial charge in [-0.3, -0.25) is 0 Å². The van der Waals surface area contributed by atoms with Crippen LogP contribution in [0.15, 0.2) is 18.2 Å². The Balaban J connectivity index is 0.000000493. The van der Waals surface area contributed by atoms with Gasteiger partial charge in [-0.25, -0.2) is 0 Å². The van der Waals surface area contributed by atoms with E-state index in [4.69, 9.17) is 20.1 Å². The van der Waals surface area contributed by atoms with Crippen molar-refractivity contribution in [3.63, 3.8) is 0 Å². The second-order valence-electron chi connectivity index (χ2n) is 10.6. The average molecular weight is 512 g/mol. The van der Waals surface area contributed by atoms with Crippen LogP contribution in [0.3, 0.4) is 0 Å². The van der Waals surface area contributed by atoms with Gasteiger partial charge in [0.15, 0.2) is 5.54 Å². The number of carboxylic acids is 1. The third-order valence-corrected chi connectivity index (χ3v) is 7.67. The van der Waals surface area contributed by atoms with Gasteiger partial charge in [-0.05, 0) is 73.5 Å². The minimum absolute atomic E-state index is 0.228. The molecule has 206 valence electrons. The standard InChI is InChI=1S/C23H34O5.C4H11NO3/c1-2-3-4-7-17(24)9-10-18-19-11-15-6-5-8-22(28-14-23(26)27)20(15)12-16(19)13-21(18)25;5-4(1-6,2-7)3-8/h5-6,8,16-19,21,24-25H,2-4,7,9-14H2,1H3,(H,26,27);6-8H,1-3,5H2/t16-,17-,18+,19-,21+;/m0./s1. The molecule has 0 amide bonds. The van der Waals surface area contributed by atoms with E-state index >= 15 is 0 Å². The summed E-state index contributed by atoms with van der Waals surface area (Å²) in [7, 11) is 0. The summed E-state index contributed by atoms with van der Waals surface area (Å²) < 4.78 is 5.44. The number of carbonyl (C=O) groups is 1. The third kappa shape index (κ3) is 8.68. The van der Waals surface area contributed by atoms with Crippen molar-refractivity contribution in [2.75, 3.05) is 26.4 Å². The van der Waals surface area contributed by atoms with Gasteiger partial charge in [-0.1, -0.05) is 38.3 Å². The zero-order valence-corrected chi connectivity index (χ0v) is 21.5. The molecule has 36 heavy (non-hydrogen) atoms. The number of aliphatic carboxylic acids is 1. The lowest BCUT2D eigenvalue weighted by Gasteiger charge is -2.32. The van der Waals surface area contributed by atoms with Crippen molar-refractivity contribution < 1.29 is 45.9 Å². The van der Waals surface area contributed by atoms with Crippen molar-refractivity contribution in [3.8, 4) is 5.75 Å². The van der Waals surface area contributed by atoms with Gasteiger partial charge in [0.05, 0.1) is 18.2 Å². The number of benzene rings is 1. The molecule has 8 N–H and O–H groups in total. The van der Waals surface area contributed by atoms with Crippen molar-refractivity contribution >= 4 is 5.97 Å². The molecule has 0 bridgehead atoms. The van der Waals surface area contributed by atoms with Gasteiger partial charge in [0, 0.05) is 0 Å². The van der Waals surface area contributed by atoms with Crippen LogP contribution in [0.2, 0.25) is 0 Å². The molecule has 0 aliphatic heterocycles. The Bertz CT molecular complexity index is 792. The summed E-state index contributed by atoms with van der Waals surface area (Å²) in [6.07, 6.45) is 7.76. The second kappa shape index (κ2) is 14.9. The zero-order chi connectivity index (χ0) is 26.7. The van der Waals surface area contributed by atoms with Crippen LogP contribution in [-0.4, -0.2) is 75.7 Å². The van der Waals surface area contributed by atoms with E-state index in [-0.39, 0.29) is 37.9 Å². The van der Waals surface area contributed by atoms with Crippen LogP contribution < -0.4 is 15.6 Å². The summed E-state index contributed by atoms with van der Waals surface area (Å²) in [6.45, 7) is 0.850. The first-order chi connectivity index (χ1) is 17.2. The van der Waals surface area contributed by atoms with E-state index in [2.05, 4.69) is 18.7 Å². The van der Waals surface area contributed by atoms with Gasteiger partial charge in [0.1, 0.15) is 32.2 Å². The van der Waals surface area contributed by atoms with Crippen LogP contribution in [0, 0.1) is 17.8 Å². The van der Waals surface area contributed by atoms with Gasteiger partial charge >= 0.3 is 0 Å². The lowest BCUT2D eigenvalue weighted by Crippen LogP contribution is -2.78. The smallest absolute Gasteiger partial charge is 0.164 e. The minimum Gasteiger partial charge on any atom is -0.546 e. The molecule has 0 spiro atoms. The van der Waals surface area contributed by atoms with Crippen molar-refractivity contribution in [1.82, 2.24) is 0 Å². The number of carboxylic acid groups (broad SMARTS) is 1. The quantitative estimate of drug-likeness (QED) is 0.186. The molecule has 9 heteroatoms. The van der Waals surface area contributed by atoms with Crippen molar-refractivity contribution in [1.29, 1.82) is 0 Å². The predicted molar refractivity (Wildman–Crippen MR) is 132 cm³/mol. The Morgan fingerprint density at radius 3 is 2.44 bits per heavy atom. The SMILES string of the molecule is CCCCC[C@H](O)CC[C@@H]1[C@H]2Cc3cccc(OCC(=O)[O-])c3C[C@H]2C[C@H]1O.[NH3+]C(CO)(CO)CO. The number of rotatable bonds is 13. The summed E-state index contributed by atoms with van der Waals surface area (Å²) >= 11 is 0. The van der Waals surface area contributed by atoms with E-state index in [0.29, 0.717) is 17.6 Å². The Labute approximate surface area is 213 Å². The first-order valence-electron chi connectivity index (χ1n) is 13.1. The molecular formula is C27H45NO8. The van der Waals surface area contributed by atoms with Crippen LogP contribution in [-0.2, 0) is 17.6 Å². The molecule has 1 fully saturated rings. The van der Waals surface area contributed by atoms with E-state index < -0.39 is 18.1 Å². The van der Waals surface area contributed by atoms with Gasteiger partial charge in [-0.2, -0.15) is 0 Å². The normalized spacial score (nSPS) is 23.8. The molecule has 3 rings (SSSR count). The first-order valence-corrected chi connectivity index (χ1v) is 13.1. The summed E-state index contributed by atoms with van der Waals surface area (Å²) in [5.74, 6) is 0.440. The number of hydrogen-bond donors (Lipinski definition) is 6. The lowest BCUT2D eigenvalue weighted by atomic mass is 9.73. The summed E-state index contributed by atoms with van der Waals surface area (Å²) in [6, 6.07) is 5.80. The third-order valence-electron chi connectivity index (χ3n) is 7.67. The van der Waals surface area contributed by atoms with E-state index in [0.717, 1.165) is 63.4 Å². The van der Waals surface area contributed by atoms with E-state index in [1.165, 1.54) is 5.56 Å². The second-order valence-corrected chi connectivity index (χ2v) is 10.6. The number of fused-ring (bicyclic) bond motifs is 2. The number of hydrogen-bond acceptors (Lipinski definition) is 8. The number of unbranched alkanes of at least 4 members (excludes halogenated alkanes) is 2. The van der Waals surface area contributed by atoms with Crippen LogP contribution in [0.25, 0.3) is 0 Å². The predicted octanol–water partition coefficient (Wildman–Crippen LogP) is -0.807. The molecule has 2 aliphatic rings. The molecule has 2 aliphatic carbocycles. The van der Waals surface area contributed by atoms with Crippen LogP contribution in [0.4, 0.5) is 0 Å². The number of aliphatic hydroxyl groups is 5. The molecule has 0 heterocycles. The zero-order valence-electron chi connectivity index (χ0n) is 21.5.